The van der Waals surface area contributed by atoms with E-state index in [0.29, 0.717) is 35.3 Å². The monoisotopic (exact) mass is 415 g/mol. The van der Waals surface area contributed by atoms with Crippen LogP contribution in [0.3, 0.4) is 0 Å². The van der Waals surface area contributed by atoms with Crippen LogP contribution in [-0.4, -0.2) is 20.3 Å². The molecule has 28 heavy (non-hydrogen) atoms. The van der Waals surface area contributed by atoms with E-state index in [1.807, 2.05) is 25.3 Å². The number of aromatic hydroxyl groups is 1. The van der Waals surface area contributed by atoms with Crippen LogP contribution in [0.1, 0.15) is 34.6 Å². The highest BCUT2D eigenvalue weighted by molar-refractivity contribution is 7.98. The summed E-state index contributed by atoms with van der Waals surface area (Å²) < 4.78 is 10.9. The lowest BCUT2D eigenvalue weighted by molar-refractivity contribution is 0.419. The fourth-order valence-corrected chi connectivity index (χ4v) is 4.25. The maximum atomic E-state index is 11.9. The van der Waals surface area contributed by atoms with Crippen LogP contribution in [0.15, 0.2) is 42.4 Å². The largest absolute Gasteiger partial charge is 0.508 e. The lowest BCUT2D eigenvalue weighted by Crippen LogP contribution is -2.00. The van der Waals surface area contributed by atoms with E-state index in [1.54, 1.807) is 11.3 Å². The Labute approximate surface area is 168 Å². The predicted molar refractivity (Wildman–Crippen MR) is 107 cm³/mol. The molecule has 144 valence electrons. The van der Waals surface area contributed by atoms with Gasteiger partial charge in [0.2, 0.25) is 5.89 Å². The number of benzene rings is 1. The van der Waals surface area contributed by atoms with Crippen molar-refractivity contribution >= 4 is 34.1 Å². The Morgan fingerprint density at radius 3 is 2.79 bits per heavy atom. The van der Waals surface area contributed by atoms with E-state index in [0.717, 1.165) is 27.2 Å². The van der Waals surface area contributed by atoms with E-state index in [1.165, 1.54) is 23.9 Å². The van der Waals surface area contributed by atoms with Gasteiger partial charge in [-0.05, 0) is 30.5 Å². The normalized spacial score (nSPS) is 11.4. The van der Waals surface area contributed by atoms with Crippen LogP contribution in [0.4, 0.5) is 0 Å². The lowest BCUT2D eigenvalue weighted by Gasteiger charge is -2.07. The van der Waals surface area contributed by atoms with E-state index >= 15 is 0 Å². The third-order valence-corrected chi connectivity index (χ3v) is 5.90. The second-order valence-electron chi connectivity index (χ2n) is 6.21. The van der Waals surface area contributed by atoms with Gasteiger partial charge in [0, 0.05) is 28.7 Å². The van der Waals surface area contributed by atoms with Crippen LogP contribution >= 0.6 is 23.1 Å². The molecule has 3 heterocycles. The summed E-state index contributed by atoms with van der Waals surface area (Å²) in [5.74, 6) is 1.10. The molecule has 0 fully saturated rings. The van der Waals surface area contributed by atoms with Crippen LogP contribution in [0.2, 0.25) is 0 Å². The molecule has 3 aromatic heterocycles. The van der Waals surface area contributed by atoms with Gasteiger partial charge in [-0.15, -0.1) is 21.5 Å². The average Bonchev–Trinajstić information content (AvgIpc) is 3.28. The SMILES string of the molecule is CCc1cc2c(CSc3nnc(Cc4csc(C)n4)o3)cc(=O)oc2cc1O. The van der Waals surface area contributed by atoms with Crippen LogP contribution in [0, 0.1) is 6.92 Å². The number of rotatable bonds is 6. The van der Waals surface area contributed by atoms with Gasteiger partial charge in [-0.2, -0.15) is 0 Å². The van der Waals surface area contributed by atoms with Crippen LogP contribution < -0.4 is 5.63 Å². The minimum atomic E-state index is -0.461. The van der Waals surface area contributed by atoms with Crippen LogP contribution in [0.25, 0.3) is 11.0 Å². The number of phenols is 1. The highest BCUT2D eigenvalue weighted by Gasteiger charge is 2.13. The zero-order valence-corrected chi connectivity index (χ0v) is 16.9. The molecule has 0 unspecified atom stereocenters. The first-order chi connectivity index (χ1) is 13.5. The topological polar surface area (TPSA) is 102 Å². The fraction of sp³-hybridized carbons (Fsp3) is 0.263. The average molecular weight is 415 g/mol. The highest BCUT2D eigenvalue weighted by atomic mass is 32.2. The van der Waals surface area contributed by atoms with Crippen molar-refractivity contribution in [3.05, 3.63) is 61.7 Å². The molecular weight excluding hydrogens is 398 g/mol. The predicted octanol–water partition coefficient (Wildman–Crippen LogP) is 4.09. The molecule has 1 aromatic carbocycles. The Morgan fingerprint density at radius 2 is 2.04 bits per heavy atom. The Kier molecular flexibility index (Phi) is 5.19. The summed E-state index contributed by atoms with van der Waals surface area (Å²) in [4.78, 5) is 16.3. The third kappa shape index (κ3) is 3.95. The molecular formula is C19H17N3O4S2. The standard InChI is InChI=1S/C19H17N3O4S2/c1-3-11-4-14-12(5-18(24)25-16(14)7-15(11)23)8-28-19-22-21-17(26-19)6-13-9-27-10(2)20-13/h4-5,7,9,23H,3,6,8H2,1-2H3. The second kappa shape index (κ2) is 7.76. The Morgan fingerprint density at radius 1 is 1.18 bits per heavy atom. The summed E-state index contributed by atoms with van der Waals surface area (Å²) >= 11 is 2.93. The van der Waals surface area contributed by atoms with Crippen molar-refractivity contribution in [3.8, 4) is 5.75 Å². The smallest absolute Gasteiger partial charge is 0.336 e. The molecule has 0 spiro atoms. The zero-order valence-electron chi connectivity index (χ0n) is 15.3. The molecule has 0 aliphatic rings. The fourth-order valence-electron chi connectivity index (χ4n) is 2.86. The van der Waals surface area contributed by atoms with Crippen LogP contribution in [-0.2, 0) is 18.6 Å². The lowest BCUT2D eigenvalue weighted by atomic mass is 10.1. The summed E-state index contributed by atoms with van der Waals surface area (Å²) in [6.45, 7) is 3.91. The van der Waals surface area contributed by atoms with Crippen molar-refractivity contribution < 1.29 is 13.9 Å². The Bertz CT molecular complexity index is 1200. The van der Waals surface area contributed by atoms with E-state index in [9.17, 15) is 9.90 Å². The first kappa shape index (κ1) is 18.7. The van der Waals surface area contributed by atoms with Gasteiger partial charge in [0.25, 0.3) is 5.22 Å². The molecule has 0 saturated carbocycles. The van der Waals surface area contributed by atoms with Gasteiger partial charge in [-0.1, -0.05) is 18.7 Å². The number of aryl methyl sites for hydroxylation is 2. The number of fused-ring (bicyclic) bond motifs is 1. The minimum absolute atomic E-state index is 0.127. The highest BCUT2D eigenvalue weighted by Crippen LogP contribution is 2.30. The van der Waals surface area contributed by atoms with Crippen molar-refractivity contribution in [3.63, 3.8) is 0 Å². The van der Waals surface area contributed by atoms with Gasteiger partial charge < -0.3 is 13.9 Å². The number of aromatic nitrogens is 3. The zero-order chi connectivity index (χ0) is 19.7. The number of hydrogen-bond acceptors (Lipinski definition) is 9. The van der Waals surface area contributed by atoms with E-state index in [4.69, 9.17) is 8.83 Å². The summed E-state index contributed by atoms with van der Waals surface area (Å²) in [7, 11) is 0. The molecule has 0 aliphatic heterocycles. The van der Waals surface area contributed by atoms with Crippen molar-refractivity contribution in [2.24, 2.45) is 0 Å². The molecule has 4 aromatic rings. The molecule has 0 radical (unpaired) electrons. The molecule has 0 bridgehead atoms. The van der Waals surface area contributed by atoms with Gasteiger partial charge in [-0.3, -0.25) is 0 Å². The number of thioether (sulfide) groups is 1. The summed E-state index contributed by atoms with van der Waals surface area (Å²) in [5.41, 5.74) is 2.40. The maximum Gasteiger partial charge on any atom is 0.336 e. The van der Waals surface area contributed by atoms with Gasteiger partial charge in [-0.25, -0.2) is 9.78 Å². The number of thiazole rings is 1. The van der Waals surface area contributed by atoms with Crippen molar-refractivity contribution in [2.75, 3.05) is 0 Å². The van der Waals surface area contributed by atoms with Gasteiger partial charge in [0.05, 0.1) is 17.1 Å². The number of phenolic OH excluding ortho intramolecular Hbond substituents is 1. The molecule has 0 aliphatic carbocycles. The Balaban J connectivity index is 1.55. The molecule has 9 heteroatoms. The van der Waals surface area contributed by atoms with Gasteiger partial charge in [0.15, 0.2) is 0 Å². The van der Waals surface area contributed by atoms with E-state index < -0.39 is 5.63 Å². The molecule has 7 nitrogen and oxygen atoms in total. The summed E-state index contributed by atoms with van der Waals surface area (Å²) in [5, 5.41) is 22.3. The molecule has 1 N–H and O–H groups in total. The van der Waals surface area contributed by atoms with Crippen molar-refractivity contribution in [1.29, 1.82) is 0 Å². The number of nitrogens with zero attached hydrogens (tertiary/aromatic N) is 3. The molecule has 4 rings (SSSR count). The molecule has 0 saturated heterocycles. The van der Waals surface area contributed by atoms with Crippen molar-refractivity contribution in [2.45, 2.75) is 37.7 Å². The van der Waals surface area contributed by atoms with Crippen LogP contribution in [0.5, 0.6) is 5.75 Å². The quantitative estimate of drug-likeness (QED) is 0.371. The van der Waals surface area contributed by atoms with E-state index in [2.05, 4.69) is 15.2 Å². The summed E-state index contributed by atoms with van der Waals surface area (Å²) in [6.07, 6.45) is 1.17. The maximum absolute atomic E-state index is 11.9. The minimum Gasteiger partial charge on any atom is -0.508 e. The van der Waals surface area contributed by atoms with Gasteiger partial charge >= 0.3 is 5.63 Å². The summed E-state index contributed by atoms with van der Waals surface area (Å²) in [6, 6.07) is 4.80. The third-order valence-electron chi connectivity index (χ3n) is 4.21. The first-order valence-corrected chi connectivity index (χ1v) is 10.5. The molecule has 0 atom stereocenters. The van der Waals surface area contributed by atoms with E-state index in [-0.39, 0.29) is 5.75 Å². The van der Waals surface area contributed by atoms with Gasteiger partial charge in [0.1, 0.15) is 11.3 Å². The first-order valence-electron chi connectivity index (χ1n) is 8.66. The molecule has 0 amide bonds. The second-order valence-corrected chi connectivity index (χ2v) is 8.20. The Hall–Kier alpha value is -2.65. The number of hydrogen-bond donors (Lipinski definition) is 1. The van der Waals surface area contributed by atoms with Crippen molar-refractivity contribution in [1.82, 2.24) is 15.2 Å².